The quantitative estimate of drug-likeness (QED) is 0.232. The van der Waals surface area contributed by atoms with Gasteiger partial charge in [-0.3, -0.25) is 23.7 Å². The van der Waals surface area contributed by atoms with Crippen LogP contribution in [0.1, 0.15) is 32.6 Å². The van der Waals surface area contributed by atoms with Crippen molar-refractivity contribution < 1.29 is 37.4 Å². The van der Waals surface area contributed by atoms with Gasteiger partial charge in [0.05, 0.1) is 12.7 Å². The largest absolute Gasteiger partial charge is 0.462 e. The Hall–Kier alpha value is -2.41. The second-order valence-corrected chi connectivity index (χ2v) is 10.6. The molecule has 0 saturated carbocycles. The molecule has 1 aliphatic heterocycles. The predicted molar refractivity (Wildman–Crippen MR) is 130 cm³/mol. The van der Waals surface area contributed by atoms with Gasteiger partial charge < -0.3 is 19.1 Å². The number of esters is 1. The third kappa shape index (κ3) is 6.87. The van der Waals surface area contributed by atoms with Gasteiger partial charge >= 0.3 is 13.7 Å². The number of ether oxygens (including phenoxy) is 2. The molecule has 0 bridgehead atoms. The second kappa shape index (κ2) is 11.8. The fourth-order valence-corrected chi connectivity index (χ4v) is 5.10. The SMILES string of the molecule is Cc1cn([C@H]2O[C@@H](CO[P@](=O)(N[C@@H](C)C(=O)OC(C)C)Oc3ccccc3)[C@@H](O)C2F)c(=S)[nH]c1=O. The lowest BCUT2D eigenvalue weighted by Crippen LogP contribution is -2.37. The third-order valence-electron chi connectivity index (χ3n) is 5.15. The molecule has 0 aliphatic carbocycles. The van der Waals surface area contributed by atoms with Gasteiger partial charge in [-0.05, 0) is 52.0 Å². The first-order valence-electron chi connectivity index (χ1n) is 11.2. The summed E-state index contributed by atoms with van der Waals surface area (Å²) in [4.78, 5) is 26.4. The number of hydrogen-bond donors (Lipinski definition) is 3. The van der Waals surface area contributed by atoms with Crippen LogP contribution in [0.2, 0.25) is 0 Å². The van der Waals surface area contributed by atoms with E-state index in [1.165, 1.54) is 36.7 Å². The van der Waals surface area contributed by atoms with Gasteiger partial charge in [0.1, 0.15) is 24.0 Å². The molecule has 1 aromatic carbocycles. The number of nitrogens with zero attached hydrogens (tertiary/aromatic N) is 1. The number of aromatic amines is 1. The lowest BCUT2D eigenvalue weighted by molar-refractivity contribution is -0.149. The highest BCUT2D eigenvalue weighted by Gasteiger charge is 2.47. The number of aryl methyl sites for hydroxylation is 1. The first-order chi connectivity index (χ1) is 16.9. The minimum absolute atomic E-state index is 0.0933. The minimum Gasteiger partial charge on any atom is -0.462 e. The van der Waals surface area contributed by atoms with Crippen LogP contribution in [-0.4, -0.2) is 57.8 Å². The third-order valence-corrected chi connectivity index (χ3v) is 7.11. The lowest BCUT2D eigenvalue weighted by atomic mass is 10.1. The van der Waals surface area contributed by atoms with Gasteiger partial charge in [-0.25, -0.2) is 8.96 Å². The Labute approximate surface area is 212 Å². The van der Waals surface area contributed by atoms with E-state index in [9.17, 15) is 23.7 Å². The van der Waals surface area contributed by atoms with Crippen molar-refractivity contribution in [3.63, 3.8) is 0 Å². The summed E-state index contributed by atoms with van der Waals surface area (Å²) < 4.78 is 51.4. The monoisotopic (exact) mass is 545 g/mol. The molecule has 14 heteroatoms. The molecule has 36 heavy (non-hydrogen) atoms. The molecule has 1 aromatic heterocycles. The number of para-hydroxylation sites is 1. The maximum Gasteiger partial charge on any atom is 0.459 e. The summed E-state index contributed by atoms with van der Waals surface area (Å²) >= 11 is 5.09. The molecule has 198 valence electrons. The summed E-state index contributed by atoms with van der Waals surface area (Å²) in [7, 11) is -4.25. The molecule has 2 aromatic rings. The van der Waals surface area contributed by atoms with Gasteiger partial charge in [-0.2, -0.15) is 5.09 Å². The fraction of sp³-hybridized carbons (Fsp3) is 0.500. The molecular weight excluding hydrogens is 516 g/mol. The molecule has 11 nitrogen and oxygen atoms in total. The average Bonchev–Trinajstić information content (AvgIpc) is 3.08. The maximum atomic E-state index is 15.0. The zero-order chi connectivity index (χ0) is 26.6. The predicted octanol–water partition coefficient (Wildman–Crippen LogP) is 2.94. The van der Waals surface area contributed by atoms with Crippen molar-refractivity contribution in [2.75, 3.05) is 6.61 Å². The van der Waals surface area contributed by atoms with Crippen LogP contribution in [-0.2, 0) is 23.4 Å². The molecule has 3 rings (SSSR count). The summed E-state index contributed by atoms with van der Waals surface area (Å²) in [5.74, 6) is -0.503. The van der Waals surface area contributed by atoms with Crippen LogP contribution < -0.4 is 15.2 Å². The number of benzene rings is 1. The standard InChI is InChI=1S/C22H29FN3O8PS/c1-12(2)32-21(29)14(4)25-35(30,34-15-8-6-5-7-9-15)31-11-16-18(27)17(23)20(33-16)26-10-13(3)19(28)24-22(26)36/h5-10,12,14,16-18,20,27H,11H2,1-4H3,(H,25,30)(H,24,28,36)/t14-,16-,17?,18+,20-,35+/m0/s1. The Bertz CT molecular complexity index is 1220. The van der Waals surface area contributed by atoms with E-state index < -0.39 is 62.6 Å². The molecule has 1 unspecified atom stereocenters. The summed E-state index contributed by atoms with van der Waals surface area (Å²) in [5, 5.41) is 12.9. The summed E-state index contributed by atoms with van der Waals surface area (Å²) in [6, 6.07) is 7.00. The average molecular weight is 546 g/mol. The molecule has 2 heterocycles. The first kappa shape index (κ1) is 28.2. The molecule has 1 saturated heterocycles. The second-order valence-electron chi connectivity index (χ2n) is 8.51. The van der Waals surface area contributed by atoms with E-state index in [4.69, 9.17) is 30.7 Å². The molecule has 3 N–H and O–H groups in total. The number of nitrogens with one attached hydrogen (secondary N) is 2. The number of aromatic nitrogens is 2. The zero-order valence-electron chi connectivity index (χ0n) is 20.1. The van der Waals surface area contributed by atoms with E-state index in [-0.39, 0.29) is 16.1 Å². The van der Waals surface area contributed by atoms with Crippen LogP contribution in [0.15, 0.2) is 41.3 Å². The van der Waals surface area contributed by atoms with E-state index in [1.54, 1.807) is 32.0 Å². The van der Waals surface area contributed by atoms with Crippen LogP contribution in [0, 0.1) is 11.7 Å². The molecule has 0 radical (unpaired) electrons. The van der Waals surface area contributed by atoms with Gasteiger partial charge in [-0.15, -0.1) is 0 Å². The topological polar surface area (TPSA) is 141 Å². The number of carbonyl (C=O) groups is 1. The van der Waals surface area contributed by atoms with E-state index in [1.807, 2.05) is 0 Å². The first-order valence-corrected chi connectivity index (χ1v) is 13.1. The van der Waals surface area contributed by atoms with Gasteiger partial charge in [0.25, 0.3) is 5.56 Å². The van der Waals surface area contributed by atoms with Crippen molar-refractivity contribution in [2.24, 2.45) is 0 Å². The summed E-state index contributed by atoms with van der Waals surface area (Å²) in [6.45, 7) is 5.71. The van der Waals surface area contributed by atoms with Crippen LogP contribution in [0.5, 0.6) is 5.75 Å². The molecule has 1 aliphatic rings. The zero-order valence-corrected chi connectivity index (χ0v) is 21.8. The van der Waals surface area contributed by atoms with E-state index in [2.05, 4.69) is 10.1 Å². The van der Waals surface area contributed by atoms with Crippen molar-refractivity contribution in [3.05, 3.63) is 57.2 Å². The molecule has 0 amide bonds. The van der Waals surface area contributed by atoms with Crippen LogP contribution in [0.3, 0.4) is 0 Å². The number of carbonyl (C=O) groups excluding carboxylic acids is 1. The van der Waals surface area contributed by atoms with Gasteiger partial charge in [-0.1, -0.05) is 18.2 Å². The Morgan fingerprint density at radius 2 is 2.00 bits per heavy atom. The van der Waals surface area contributed by atoms with E-state index >= 15 is 0 Å². The highest BCUT2D eigenvalue weighted by molar-refractivity contribution is 7.71. The number of hydrogen-bond acceptors (Lipinski definition) is 9. The highest BCUT2D eigenvalue weighted by Crippen LogP contribution is 2.46. The molecule has 0 spiro atoms. The molecule has 1 fully saturated rings. The number of H-pyrrole nitrogens is 1. The maximum absolute atomic E-state index is 15.0. The van der Waals surface area contributed by atoms with Crippen LogP contribution in [0.25, 0.3) is 0 Å². The van der Waals surface area contributed by atoms with Crippen molar-refractivity contribution >= 4 is 25.9 Å². The van der Waals surface area contributed by atoms with Crippen molar-refractivity contribution in [3.8, 4) is 5.75 Å². The molecular formula is C22H29FN3O8PS. The minimum atomic E-state index is -4.25. The number of alkyl halides is 1. The number of halogens is 1. The highest BCUT2D eigenvalue weighted by atomic mass is 32.1. The Morgan fingerprint density at radius 1 is 1.33 bits per heavy atom. The Morgan fingerprint density at radius 3 is 2.64 bits per heavy atom. The van der Waals surface area contributed by atoms with Crippen molar-refractivity contribution in [1.82, 2.24) is 14.6 Å². The van der Waals surface area contributed by atoms with Crippen molar-refractivity contribution in [1.29, 1.82) is 0 Å². The smallest absolute Gasteiger partial charge is 0.459 e. The van der Waals surface area contributed by atoms with Crippen molar-refractivity contribution in [2.45, 2.75) is 64.4 Å². The Kier molecular flexibility index (Phi) is 9.20. The number of aliphatic hydroxyl groups excluding tert-OH is 1. The van der Waals surface area contributed by atoms with E-state index in [0.717, 1.165) is 0 Å². The number of aliphatic hydroxyl groups is 1. The van der Waals surface area contributed by atoms with E-state index in [0.29, 0.717) is 0 Å². The van der Waals surface area contributed by atoms with Gasteiger partial charge in [0.2, 0.25) is 0 Å². The summed E-state index contributed by atoms with van der Waals surface area (Å²) in [5.41, 5.74) is -0.166. The van der Waals surface area contributed by atoms with Gasteiger partial charge in [0, 0.05) is 11.8 Å². The van der Waals surface area contributed by atoms with Crippen LogP contribution >= 0.6 is 20.0 Å². The number of rotatable bonds is 10. The lowest BCUT2D eigenvalue weighted by Gasteiger charge is -2.25. The van der Waals surface area contributed by atoms with Gasteiger partial charge in [0.15, 0.2) is 17.2 Å². The summed E-state index contributed by atoms with van der Waals surface area (Å²) in [6.07, 6.45) is -5.32. The Balaban J connectivity index is 1.77. The van der Waals surface area contributed by atoms with Crippen LogP contribution in [0.4, 0.5) is 4.39 Å². The fourth-order valence-electron chi connectivity index (χ4n) is 3.35. The molecule has 6 atom stereocenters. The normalized spacial score (nSPS) is 24.3.